The maximum absolute atomic E-state index is 6.15. The van der Waals surface area contributed by atoms with Crippen molar-refractivity contribution in [3.8, 4) is 0 Å². The minimum absolute atomic E-state index is 0.355. The Morgan fingerprint density at radius 1 is 1.40 bits per heavy atom. The summed E-state index contributed by atoms with van der Waals surface area (Å²) in [7, 11) is 0. The van der Waals surface area contributed by atoms with E-state index in [1.807, 2.05) is 6.08 Å². The van der Waals surface area contributed by atoms with E-state index >= 15 is 0 Å². The minimum atomic E-state index is 0.355. The van der Waals surface area contributed by atoms with Gasteiger partial charge in [-0.15, -0.1) is 6.58 Å². The monoisotopic (exact) mass is 201 g/mol. The zero-order valence-corrected chi connectivity index (χ0v) is 9.10. The van der Waals surface area contributed by atoms with E-state index in [1.165, 1.54) is 12.0 Å². The Kier molecular flexibility index (Phi) is 3.22. The van der Waals surface area contributed by atoms with E-state index in [0.717, 1.165) is 12.8 Å². The van der Waals surface area contributed by atoms with Gasteiger partial charge in [-0.05, 0) is 36.7 Å². The molecule has 0 heterocycles. The van der Waals surface area contributed by atoms with Crippen LogP contribution in [0.4, 0.5) is 0 Å². The van der Waals surface area contributed by atoms with E-state index in [2.05, 4.69) is 36.9 Å². The predicted molar refractivity (Wildman–Crippen MR) is 64.7 cm³/mol. The quantitative estimate of drug-likeness (QED) is 0.728. The predicted octanol–water partition coefficient (Wildman–Crippen LogP) is 3.08. The fourth-order valence-corrected chi connectivity index (χ4v) is 2.30. The van der Waals surface area contributed by atoms with Crippen molar-refractivity contribution in [3.05, 3.63) is 48.6 Å². The van der Waals surface area contributed by atoms with E-state index < -0.39 is 0 Å². The highest BCUT2D eigenvalue weighted by Crippen LogP contribution is 2.49. The molecule has 0 bridgehead atoms. The lowest BCUT2D eigenvalue weighted by Crippen LogP contribution is -2.22. The molecule has 1 nitrogen and oxygen atoms in total. The standard InChI is InChI=1S/C14H19N/c1-2-3-9-14(15)13-10-12(13)11-7-5-4-6-8-11/h2,4-8,12-14H,1,3,9-10,15H2. The lowest BCUT2D eigenvalue weighted by atomic mass is 10.0. The summed E-state index contributed by atoms with van der Waals surface area (Å²) in [5, 5.41) is 0. The Labute approximate surface area is 92.0 Å². The molecule has 1 aromatic carbocycles. The van der Waals surface area contributed by atoms with E-state index in [0.29, 0.717) is 17.9 Å². The first kappa shape index (κ1) is 10.4. The van der Waals surface area contributed by atoms with Gasteiger partial charge in [0.1, 0.15) is 0 Å². The third kappa shape index (κ3) is 2.48. The van der Waals surface area contributed by atoms with Gasteiger partial charge < -0.3 is 5.73 Å². The lowest BCUT2D eigenvalue weighted by molar-refractivity contribution is 0.544. The van der Waals surface area contributed by atoms with E-state index in [-0.39, 0.29) is 0 Å². The van der Waals surface area contributed by atoms with E-state index in [1.54, 1.807) is 0 Å². The van der Waals surface area contributed by atoms with Crippen molar-refractivity contribution in [3.63, 3.8) is 0 Å². The van der Waals surface area contributed by atoms with E-state index in [4.69, 9.17) is 5.73 Å². The van der Waals surface area contributed by atoms with E-state index in [9.17, 15) is 0 Å². The van der Waals surface area contributed by atoms with Gasteiger partial charge in [-0.25, -0.2) is 0 Å². The van der Waals surface area contributed by atoms with Crippen LogP contribution in [0.2, 0.25) is 0 Å². The first-order chi connectivity index (χ1) is 7.33. The maximum Gasteiger partial charge on any atom is 0.00761 e. The Balaban J connectivity index is 1.88. The fourth-order valence-electron chi connectivity index (χ4n) is 2.30. The topological polar surface area (TPSA) is 26.0 Å². The smallest absolute Gasteiger partial charge is 0.00761 e. The van der Waals surface area contributed by atoms with Crippen LogP contribution in [0.3, 0.4) is 0 Å². The molecule has 1 saturated carbocycles. The summed E-state index contributed by atoms with van der Waals surface area (Å²) in [5.74, 6) is 1.42. The summed E-state index contributed by atoms with van der Waals surface area (Å²) in [6.07, 6.45) is 5.35. The number of nitrogens with two attached hydrogens (primary N) is 1. The molecule has 1 aromatic rings. The molecule has 1 fully saturated rings. The van der Waals surface area contributed by atoms with Gasteiger partial charge in [-0.1, -0.05) is 36.4 Å². The van der Waals surface area contributed by atoms with Gasteiger partial charge >= 0.3 is 0 Å². The molecule has 0 saturated heterocycles. The molecule has 3 unspecified atom stereocenters. The van der Waals surface area contributed by atoms with Gasteiger partial charge in [0, 0.05) is 6.04 Å². The number of benzene rings is 1. The van der Waals surface area contributed by atoms with Crippen LogP contribution in [0, 0.1) is 5.92 Å². The molecule has 0 spiro atoms. The number of hydrogen-bond acceptors (Lipinski definition) is 1. The van der Waals surface area contributed by atoms with Crippen molar-refractivity contribution >= 4 is 0 Å². The third-order valence-electron chi connectivity index (χ3n) is 3.32. The molecule has 0 amide bonds. The first-order valence-corrected chi connectivity index (χ1v) is 5.74. The van der Waals surface area contributed by atoms with Crippen molar-refractivity contribution in [1.29, 1.82) is 0 Å². The molecule has 2 rings (SSSR count). The second-order valence-corrected chi connectivity index (χ2v) is 4.45. The molecular formula is C14H19N. The molecule has 0 aromatic heterocycles. The van der Waals surface area contributed by atoms with Crippen LogP contribution in [-0.2, 0) is 0 Å². The van der Waals surface area contributed by atoms with Crippen LogP contribution < -0.4 is 5.73 Å². The summed E-state index contributed by atoms with van der Waals surface area (Å²) in [5.41, 5.74) is 7.60. The minimum Gasteiger partial charge on any atom is -0.327 e. The Morgan fingerprint density at radius 3 is 2.80 bits per heavy atom. The summed E-state index contributed by atoms with van der Waals surface area (Å²) >= 11 is 0. The third-order valence-corrected chi connectivity index (χ3v) is 3.32. The van der Waals surface area contributed by atoms with Crippen LogP contribution in [0.5, 0.6) is 0 Å². The van der Waals surface area contributed by atoms with Gasteiger partial charge in [-0.2, -0.15) is 0 Å². The molecule has 0 aliphatic heterocycles. The fraction of sp³-hybridized carbons (Fsp3) is 0.429. The van der Waals surface area contributed by atoms with Gasteiger partial charge in [0.15, 0.2) is 0 Å². The van der Waals surface area contributed by atoms with Crippen LogP contribution >= 0.6 is 0 Å². The zero-order valence-electron chi connectivity index (χ0n) is 9.10. The Morgan fingerprint density at radius 2 is 2.13 bits per heavy atom. The van der Waals surface area contributed by atoms with Crippen LogP contribution in [0.15, 0.2) is 43.0 Å². The van der Waals surface area contributed by atoms with Gasteiger partial charge in [0.2, 0.25) is 0 Å². The SMILES string of the molecule is C=CCCC(N)C1CC1c1ccccc1. The second-order valence-electron chi connectivity index (χ2n) is 4.45. The molecule has 1 aliphatic carbocycles. The maximum atomic E-state index is 6.15. The average molecular weight is 201 g/mol. The molecule has 3 atom stereocenters. The van der Waals surface area contributed by atoms with Gasteiger partial charge in [0.05, 0.1) is 0 Å². The van der Waals surface area contributed by atoms with Gasteiger partial charge in [-0.3, -0.25) is 0 Å². The van der Waals surface area contributed by atoms with Crippen LogP contribution in [-0.4, -0.2) is 6.04 Å². The van der Waals surface area contributed by atoms with Crippen molar-refractivity contribution in [1.82, 2.24) is 0 Å². The summed E-state index contributed by atoms with van der Waals surface area (Å²) in [6.45, 7) is 3.73. The van der Waals surface area contributed by atoms with Crippen LogP contribution in [0.1, 0.15) is 30.7 Å². The molecule has 0 radical (unpaired) electrons. The average Bonchev–Trinajstić information content (AvgIpc) is 3.07. The Hall–Kier alpha value is -1.08. The summed E-state index contributed by atoms with van der Waals surface area (Å²) < 4.78 is 0. The van der Waals surface area contributed by atoms with Crippen LogP contribution in [0.25, 0.3) is 0 Å². The first-order valence-electron chi connectivity index (χ1n) is 5.74. The van der Waals surface area contributed by atoms with Gasteiger partial charge in [0.25, 0.3) is 0 Å². The molecule has 15 heavy (non-hydrogen) atoms. The molecule has 80 valence electrons. The lowest BCUT2D eigenvalue weighted by Gasteiger charge is -2.09. The number of hydrogen-bond donors (Lipinski definition) is 1. The van der Waals surface area contributed by atoms with Crippen molar-refractivity contribution in [2.75, 3.05) is 0 Å². The summed E-state index contributed by atoms with van der Waals surface area (Å²) in [4.78, 5) is 0. The normalized spacial score (nSPS) is 25.9. The number of allylic oxidation sites excluding steroid dienone is 1. The molecule has 1 heteroatoms. The summed E-state index contributed by atoms with van der Waals surface area (Å²) in [6, 6.07) is 11.1. The van der Waals surface area contributed by atoms with Crippen molar-refractivity contribution < 1.29 is 0 Å². The molecule has 1 aliphatic rings. The Bertz CT molecular complexity index is 317. The number of rotatable bonds is 5. The largest absolute Gasteiger partial charge is 0.327 e. The molecular weight excluding hydrogens is 182 g/mol. The highest BCUT2D eigenvalue weighted by molar-refractivity contribution is 5.26. The molecule has 2 N–H and O–H groups in total. The second kappa shape index (κ2) is 4.63. The highest BCUT2D eigenvalue weighted by Gasteiger charge is 2.41. The van der Waals surface area contributed by atoms with Crippen molar-refractivity contribution in [2.45, 2.75) is 31.2 Å². The van der Waals surface area contributed by atoms with Crippen molar-refractivity contribution in [2.24, 2.45) is 11.7 Å². The zero-order chi connectivity index (χ0) is 10.7. The highest BCUT2D eigenvalue weighted by atomic mass is 14.7.